The number of benzene rings is 1. The van der Waals surface area contributed by atoms with Crippen molar-refractivity contribution in [3.63, 3.8) is 0 Å². The summed E-state index contributed by atoms with van der Waals surface area (Å²) in [5.41, 5.74) is 0.678. The minimum absolute atomic E-state index is 0.0215. The molecular formula is C20H24N2O5. The topological polar surface area (TPSA) is 84.2 Å². The average molecular weight is 372 g/mol. The van der Waals surface area contributed by atoms with Crippen LogP contribution in [-0.4, -0.2) is 55.9 Å². The van der Waals surface area contributed by atoms with E-state index in [4.69, 9.17) is 13.9 Å². The van der Waals surface area contributed by atoms with Crippen LogP contribution in [0.5, 0.6) is 11.5 Å². The summed E-state index contributed by atoms with van der Waals surface area (Å²) in [4.78, 5) is 14.4. The summed E-state index contributed by atoms with van der Waals surface area (Å²) in [6, 6.07) is 9.42. The standard InChI is InChI=1S/C20H24N2O5/c1-25-14-4-5-16-17-9-22(10-19(24)21-8-15-3-2-6-26-15)11-20(17,12-23)13-27-18(16)7-14/h2-7,17,23H,8-13H2,1H3,(H,21,24)/t17-,20-/m0/s1. The second-order valence-corrected chi connectivity index (χ2v) is 7.29. The van der Waals surface area contributed by atoms with Gasteiger partial charge in [0.1, 0.15) is 17.3 Å². The van der Waals surface area contributed by atoms with E-state index in [-0.39, 0.29) is 30.4 Å². The highest BCUT2D eigenvalue weighted by molar-refractivity contribution is 5.78. The van der Waals surface area contributed by atoms with Gasteiger partial charge in [-0.15, -0.1) is 0 Å². The lowest BCUT2D eigenvalue weighted by Gasteiger charge is -2.38. The first-order valence-electron chi connectivity index (χ1n) is 9.06. The molecule has 7 heteroatoms. The van der Waals surface area contributed by atoms with Gasteiger partial charge in [0.2, 0.25) is 5.91 Å². The highest BCUT2D eigenvalue weighted by atomic mass is 16.5. The van der Waals surface area contributed by atoms with Crippen LogP contribution in [-0.2, 0) is 11.3 Å². The van der Waals surface area contributed by atoms with Crippen molar-refractivity contribution in [3.8, 4) is 11.5 Å². The number of carbonyl (C=O) groups excluding carboxylic acids is 1. The summed E-state index contributed by atoms with van der Waals surface area (Å²) in [7, 11) is 1.63. The molecule has 1 fully saturated rings. The summed E-state index contributed by atoms with van der Waals surface area (Å²) < 4.78 is 16.5. The Labute approximate surface area is 157 Å². The van der Waals surface area contributed by atoms with E-state index in [0.717, 1.165) is 22.8 Å². The molecule has 144 valence electrons. The number of nitrogens with one attached hydrogen (secondary N) is 1. The first-order valence-corrected chi connectivity index (χ1v) is 9.06. The fourth-order valence-corrected chi connectivity index (χ4v) is 4.11. The Morgan fingerprint density at radius 1 is 1.44 bits per heavy atom. The first-order chi connectivity index (χ1) is 13.1. The highest BCUT2D eigenvalue weighted by Crippen LogP contribution is 2.49. The predicted octanol–water partition coefficient (Wildman–Crippen LogP) is 1.37. The third-order valence-electron chi connectivity index (χ3n) is 5.55. The van der Waals surface area contributed by atoms with E-state index in [1.54, 1.807) is 19.4 Å². The maximum absolute atomic E-state index is 12.3. The van der Waals surface area contributed by atoms with Crippen molar-refractivity contribution >= 4 is 5.91 Å². The van der Waals surface area contributed by atoms with Crippen LogP contribution < -0.4 is 14.8 Å². The van der Waals surface area contributed by atoms with Crippen molar-refractivity contribution < 1.29 is 23.8 Å². The number of ether oxygens (including phenoxy) is 2. The van der Waals surface area contributed by atoms with E-state index in [1.807, 2.05) is 24.3 Å². The molecule has 2 aliphatic heterocycles. The van der Waals surface area contributed by atoms with Crippen LogP contribution in [0.15, 0.2) is 41.0 Å². The van der Waals surface area contributed by atoms with Crippen LogP contribution in [0.2, 0.25) is 0 Å². The number of fused-ring (bicyclic) bond motifs is 3. The van der Waals surface area contributed by atoms with E-state index < -0.39 is 0 Å². The molecule has 7 nitrogen and oxygen atoms in total. The SMILES string of the molecule is COc1ccc2c(c1)OC[C@@]1(CO)CN(CC(=O)NCc3ccco3)C[C@@H]21. The molecule has 2 atom stereocenters. The zero-order valence-electron chi connectivity index (χ0n) is 15.3. The van der Waals surface area contributed by atoms with Gasteiger partial charge in [-0.3, -0.25) is 9.69 Å². The fourth-order valence-electron chi connectivity index (χ4n) is 4.11. The Morgan fingerprint density at radius 3 is 3.07 bits per heavy atom. The number of hydrogen-bond acceptors (Lipinski definition) is 6. The summed E-state index contributed by atoms with van der Waals surface area (Å²) in [6.45, 7) is 2.43. The molecule has 0 radical (unpaired) electrons. The number of aliphatic hydroxyl groups excluding tert-OH is 1. The normalized spacial score (nSPS) is 24.0. The molecule has 0 aliphatic carbocycles. The van der Waals surface area contributed by atoms with E-state index >= 15 is 0 Å². The predicted molar refractivity (Wildman–Crippen MR) is 97.7 cm³/mol. The number of likely N-dealkylation sites (tertiary alicyclic amines) is 1. The third kappa shape index (κ3) is 3.40. The number of amides is 1. The average Bonchev–Trinajstić information content (AvgIpc) is 3.33. The van der Waals surface area contributed by atoms with Gasteiger partial charge >= 0.3 is 0 Å². The lowest BCUT2D eigenvalue weighted by atomic mass is 9.74. The second-order valence-electron chi connectivity index (χ2n) is 7.29. The number of aliphatic hydroxyl groups is 1. The number of nitrogens with zero attached hydrogens (tertiary/aromatic N) is 1. The molecule has 0 spiro atoms. The number of furan rings is 1. The van der Waals surface area contributed by atoms with Crippen molar-refractivity contribution in [2.75, 3.05) is 40.0 Å². The van der Waals surface area contributed by atoms with Crippen LogP contribution in [0, 0.1) is 5.41 Å². The van der Waals surface area contributed by atoms with Crippen molar-refractivity contribution in [1.29, 1.82) is 0 Å². The third-order valence-corrected chi connectivity index (χ3v) is 5.55. The smallest absolute Gasteiger partial charge is 0.234 e. The van der Waals surface area contributed by atoms with Crippen LogP contribution in [0.1, 0.15) is 17.2 Å². The Bertz CT molecular complexity index is 807. The zero-order chi connectivity index (χ0) is 18.9. The van der Waals surface area contributed by atoms with Gasteiger partial charge < -0.3 is 24.3 Å². The van der Waals surface area contributed by atoms with Crippen molar-refractivity contribution in [3.05, 3.63) is 47.9 Å². The molecule has 3 heterocycles. The molecule has 0 unspecified atom stereocenters. The maximum atomic E-state index is 12.3. The van der Waals surface area contributed by atoms with Crippen molar-refractivity contribution in [1.82, 2.24) is 10.2 Å². The van der Waals surface area contributed by atoms with Crippen LogP contribution in [0.25, 0.3) is 0 Å². The van der Waals surface area contributed by atoms with E-state index in [2.05, 4.69) is 10.2 Å². The molecular weight excluding hydrogens is 348 g/mol. The number of methoxy groups -OCH3 is 1. The molecule has 0 bridgehead atoms. The second kappa shape index (κ2) is 7.25. The van der Waals surface area contributed by atoms with Gasteiger partial charge in [-0.05, 0) is 23.8 Å². The van der Waals surface area contributed by atoms with Crippen LogP contribution in [0.3, 0.4) is 0 Å². The van der Waals surface area contributed by atoms with Gasteiger partial charge in [-0.2, -0.15) is 0 Å². The summed E-state index contributed by atoms with van der Waals surface area (Å²) in [5.74, 6) is 2.33. The molecule has 0 saturated carbocycles. The van der Waals surface area contributed by atoms with E-state index in [9.17, 15) is 9.90 Å². The summed E-state index contributed by atoms with van der Waals surface area (Å²) in [6.07, 6.45) is 1.59. The lowest BCUT2D eigenvalue weighted by molar-refractivity contribution is -0.122. The fraction of sp³-hybridized carbons (Fsp3) is 0.450. The zero-order valence-corrected chi connectivity index (χ0v) is 15.3. The largest absolute Gasteiger partial charge is 0.497 e. The van der Waals surface area contributed by atoms with Gasteiger partial charge in [0.15, 0.2) is 0 Å². The lowest BCUT2D eigenvalue weighted by Crippen LogP contribution is -2.43. The highest BCUT2D eigenvalue weighted by Gasteiger charge is 2.51. The molecule has 1 amide bonds. The molecule has 1 aromatic carbocycles. The Kier molecular flexibility index (Phi) is 4.80. The molecule has 27 heavy (non-hydrogen) atoms. The number of carbonyl (C=O) groups is 1. The van der Waals surface area contributed by atoms with Gasteiger partial charge in [0.05, 0.1) is 39.7 Å². The number of rotatable bonds is 6. The Morgan fingerprint density at radius 2 is 2.33 bits per heavy atom. The molecule has 2 N–H and O–H groups in total. The van der Waals surface area contributed by atoms with Gasteiger partial charge in [-0.25, -0.2) is 0 Å². The quantitative estimate of drug-likeness (QED) is 0.797. The minimum atomic E-state index is -0.386. The van der Waals surface area contributed by atoms with Crippen molar-refractivity contribution in [2.24, 2.45) is 5.41 Å². The van der Waals surface area contributed by atoms with E-state index in [1.165, 1.54) is 0 Å². The van der Waals surface area contributed by atoms with Gasteiger partial charge in [-0.1, -0.05) is 6.07 Å². The maximum Gasteiger partial charge on any atom is 0.234 e. The molecule has 2 aliphatic rings. The molecule has 1 aromatic heterocycles. The van der Waals surface area contributed by atoms with Crippen LogP contribution >= 0.6 is 0 Å². The molecule has 2 aromatic rings. The Hall–Kier alpha value is -2.51. The van der Waals surface area contributed by atoms with Crippen molar-refractivity contribution in [2.45, 2.75) is 12.5 Å². The monoisotopic (exact) mass is 372 g/mol. The molecule has 1 saturated heterocycles. The number of hydrogen-bond donors (Lipinski definition) is 2. The minimum Gasteiger partial charge on any atom is -0.497 e. The Balaban J connectivity index is 1.45. The van der Waals surface area contributed by atoms with Crippen LogP contribution in [0.4, 0.5) is 0 Å². The van der Waals surface area contributed by atoms with Gasteiger partial charge in [0, 0.05) is 30.5 Å². The molecule has 4 rings (SSSR count). The van der Waals surface area contributed by atoms with E-state index in [0.29, 0.717) is 26.2 Å². The first kappa shape index (κ1) is 17.9. The summed E-state index contributed by atoms with van der Waals surface area (Å²) in [5, 5.41) is 13.0. The van der Waals surface area contributed by atoms with Gasteiger partial charge in [0.25, 0.3) is 0 Å². The summed E-state index contributed by atoms with van der Waals surface area (Å²) >= 11 is 0.